The van der Waals surface area contributed by atoms with Crippen LogP contribution in [0.4, 0.5) is 4.39 Å². The summed E-state index contributed by atoms with van der Waals surface area (Å²) in [7, 11) is 0. The fourth-order valence-corrected chi connectivity index (χ4v) is 3.52. The maximum Gasteiger partial charge on any atom is 0.129 e. The number of benzene rings is 1. The molecule has 0 saturated heterocycles. The predicted octanol–water partition coefficient (Wildman–Crippen LogP) is 5.59. The SMILES string of the molecule is Cc1cc(C(Cl)c2ccc(Br)s2)cc(C)c1F. The second-order valence-corrected chi connectivity index (χ2v) is 6.90. The maximum absolute atomic E-state index is 13.5. The van der Waals surface area contributed by atoms with Crippen LogP contribution in [-0.2, 0) is 0 Å². The monoisotopic (exact) mass is 332 g/mol. The molecule has 17 heavy (non-hydrogen) atoms. The average Bonchev–Trinajstić information content (AvgIpc) is 2.71. The number of hydrogen-bond donors (Lipinski definition) is 0. The van der Waals surface area contributed by atoms with Gasteiger partial charge < -0.3 is 0 Å². The predicted molar refractivity (Wildman–Crippen MR) is 75.6 cm³/mol. The van der Waals surface area contributed by atoms with Crippen molar-refractivity contribution >= 4 is 38.9 Å². The van der Waals surface area contributed by atoms with Gasteiger partial charge in [0.25, 0.3) is 0 Å². The molecule has 0 spiro atoms. The van der Waals surface area contributed by atoms with Crippen molar-refractivity contribution in [2.24, 2.45) is 0 Å². The molecule has 2 rings (SSSR count). The van der Waals surface area contributed by atoms with Crippen LogP contribution in [0, 0.1) is 19.7 Å². The Kier molecular flexibility index (Phi) is 3.91. The molecular weight excluding hydrogens is 323 g/mol. The Morgan fingerprint density at radius 3 is 2.29 bits per heavy atom. The molecule has 0 saturated carbocycles. The van der Waals surface area contributed by atoms with Gasteiger partial charge in [-0.05, 0) is 58.6 Å². The zero-order valence-electron chi connectivity index (χ0n) is 9.43. The minimum Gasteiger partial charge on any atom is -0.206 e. The number of rotatable bonds is 2. The van der Waals surface area contributed by atoms with Gasteiger partial charge in [-0.25, -0.2) is 4.39 Å². The van der Waals surface area contributed by atoms with Crippen molar-refractivity contribution in [1.29, 1.82) is 0 Å². The Labute approximate surface area is 118 Å². The average molecular weight is 334 g/mol. The summed E-state index contributed by atoms with van der Waals surface area (Å²) >= 11 is 11.4. The molecular formula is C13H11BrClFS. The number of halogens is 3. The molecule has 4 heteroatoms. The molecule has 1 aromatic carbocycles. The van der Waals surface area contributed by atoms with Gasteiger partial charge in [0, 0.05) is 4.88 Å². The first-order valence-corrected chi connectivity index (χ1v) is 7.19. The molecule has 0 amide bonds. The van der Waals surface area contributed by atoms with Crippen LogP contribution in [0.25, 0.3) is 0 Å². The van der Waals surface area contributed by atoms with Gasteiger partial charge in [-0.1, -0.05) is 12.1 Å². The lowest BCUT2D eigenvalue weighted by Gasteiger charge is -2.11. The van der Waals surface area contributed by atoms with Gasteiger partial charge >= 0.3 is 0 Å². The zero-order valence-corrected chi connectivity index (χ0v) is 12.6. The normalized spacial score (nSPS) is 12.8. The summed E-state index contributed by atoms with van der Waals surface area (Å²) in [5, 5.41) is -0.218. The summed E-state index contributed by atoms with van der Waals surface area (Å²) in [4.78, 5) is 1.06. The fraction of sp³-hybridized carbons (Fsp3) is 0.231. The van der Waals surface area contributed by atoms with Crippen LogP contribution in [0.3, 0.4) is 0 Å². The minimum absolute atomic E-state index is 0.148. The molecule has 1 heterocycles. The summed E-state index contributed by atoms with van der Waals surface area (Å²) in [6.07, 6.45) is 0. The number of alkyl halides is 1. The molecule has 0 aliphatic carbocycles. The van der Waals surface area contributed by atoms with Crippen LogP contribution in [0.1, 0.15) is 26.9 Å². The van der Waals surface area contributed by atoms with E-state index in [9.17, 15) is 4.39 Å². The number of aryl methyl sites for hydroxylation is 2. The number of thiophene rings is 1. The first kappa shape index (κ1) is 13.1. The molecule has 2 aromatic rings. The molecule has 0 aliphatic rings. The van der Waals surface area contributed by atoms with Crippen LogP contribution in [0.5, 0.6) is 0 Å². The quantitative estimate of drug-likeness (QED) is 0.628. The van der Waals surface area contributed by atoms with E-state index in [0.717, 1.165) is 14.2 Å². The molecule has 0 fully saturated rings. The molecule has 0 radical (unpaired) electrons. The van der Waals surface area contributed by atoms with E-state index in [4.69, 9.17) is 11.6 Å². The van der Waals surface area contributed by atoms with E-state index < -0.39 is 0 Å². The lowest BCUT2D eigenvalue weighted by atomic mass is 10.0. The van der Waals surface area contributed by atoms with Crippen LogP contribution in [-0.4, -0.2) is 0 Å². The summed E-state index contributed by atoms with van der Waals surface area (Å²) < 4.78 is 14.6. The second kappa shape index (κ2) is 5.09. The minimum atomic E-state index is -0.218. The van der Waals surface area contributed by atoms with E-state index in [1.807, 2.05) is 24.3 Å². The summed E-state index contributed by atoms with van der Waals surface area (Å²) in [5.74, 6) is -0.148. The van der Waals surface area contributed by atoms with Gasteiger partial charge in [-0.15, -0.1) is 22.9 Å². The summed E-state index contributed by atoms with van der Waals surface area (Å²) in [5.41, 5.74) is 2.22. The Bertz CT molecular complexity index is 527. The van der Waals surface area contributed by atoms with Crippen molar-refractivity contribution < 1.29 is 4.39 Å². The lowest BCUT2D eigenvalue weighted by Crippen LogP contribution is -1.96. The molecule has 0 nitrogen and oxygen atoms in total. The summed E-state index contributed by atoms with van der Waals surface area (Å²) in [6, 6.07) is 7.58. The summed E-state index contributed by atoms with van der Waals surface area (Å²) in [6.45, 7) is 3.53. The third-order valence-corrected chi connectivity index (χ3v) is 4.90. The van der Waals surface area contributed by atoms with Gasteiger partial charge in [-0.2, -0.15) is 0 Å². The third-order valence-electron chi connectivity index (χ3n) is 2.60. The Balaban J connectivity index is 2.41. The van der Waals surface area contributed by atoms with Crippen molar-refractivity contribution in [3.8, 4) is 0 Å². The van der Waals surface area contributed by atoms with E-state index in [1.165, 1.54) is 0 Å². The first-order chi connectivity index (χ1) is 7.99. The van der Waals surface area contributed by atoms with Crippen molar-refractivity contribution in [3.63, 3.8) is 0 Å². The zero-order chi connectivity index (χ0) is 12.6. The molecule has 90 valence electrons. The molecule has 0 N–H and O–H groups in total. The highest BCUT2D eigenvalue weighted by Crippen LogP contribution is 2.36. The van der Waals surface area contributed by atoms with Gasteiger partial charge in [-0.3, -0.25) is 0 Å². The van der Waals surface area contributed by atoms with Gasteiger partial charge in [0.1, 0.15) is 5.82 Å². The first-order valence-electron chi connectivity index (χ1n) is 5.15. The van der Waals surface area contributed by atoms with E-state index in [1.54, 1.807) is 25.2 Å². The highest BCUT2D eigenvalue weighted by Gasteiger charge is 2.15. The molecule has 1 aromatic heterocycles. The second-order valence-electron chi connectivity index (χ2n) is 3.97. The Morgan fingerprint density at radius 1 is 1.24 bits per heavy atom. The number of hydrogen-bond acceptors (Lipinski definition) is 1. The van der Waals surface area contributed by atoms with Crippen LogP contribution >= 0.6 is 38.9 Å². The van der Waals surface area contributed by atoms with Gasteiger partial charge in [0.15, 0.2) is 0 Å². The largest absolute Gasteiger partial charge is 0.206 e. The fourth-order valence-electron chi connectivity index (χ4n) is 1.75. The van der Waals surface area contributed by atoms with Crippen LogP contribution < -0.4 is 0 Å². The smallest absolute Gasteiger partial charge is 0.129 e. The van der Waals surface area contributed by atoms with E-state index in [-0.39, 0.29) is 11.2 Å². The molecule has 0 aliphatic heterocycles. The molecule has 0 bridgehead atoms. The molecule has 1 unspecified atom stereocenters. The van der Waals surface area contributed by atoms with Crippen molar-refractivity contribution in [3.05, 3.63) is 55.4 Å². The van der Waals surface area contributed by atoms with Crippen molar-refractivity contribution in [1.82, 2.24) is 0 Å². The standard InChI is InChI=1S/C13H11BrClFS/c1-7-5-9(6-8(2)13(7)16)12(15)10-3-4-11(14)17-10/h3-6,12H,1-2H3. The lowest BCUT2D eigenvalue weighted by molar-refractivity contribution is 0.608. The van der Waals surface area contributed by atoms with Crippen molar-refractivity contribution in [2.75, 3.05) is 0 Å². The Morgan fingerprint density at radius 2 is 1.82 bits per heavy atom. The topological polar surface area (TPSA) is 0 Å². The Hall–Kier alpha value is -0.380. The van der Waals surface area contributed by atoms with E-state index in [2.05, 4.69) is 15.9 Å². The van der Waals surface area contributed by atoms with Crippen LogP contribution in [0.15, 0.2) is 28.1 Å². The third kappa shape index (κ3) is 2.72. The van der Waals surface area contributed by atoms with Gasteiger partial charge in [0.2, 0.25) is 0 Å². The van der Waals surface area contributed by atoms with E-state index >= 15 is 0 Å². The van der Waals surface area contributed by atoms with Crippen molar-refractivity contribution in [2.45, 2.75) is 19.2 Å². The van der Waals surface area contributed by atoms with Crippen LogP contribution in [0.2, 0.25) is 0 Å². The van der Waals surface area contributed by atoms with E-state index in [0.29, 0.717) is 11.1 Å². The highest BCUT2D eigenvalue weighted by molar-refractivity contribution is 9.11. The maximum atomic E-state index is 13.5. The van der Waals surface area contributed by atoms with Gasteiger partial charge in [0.05, 0.1) is 9.16 Å². The molecule has 1 atom stereocenters. The highest BCUT2D eigenvalue weighted by atomic mass is 79.9.